The van der Waals surface area contributed by atoms with Crippen molar-refractivity contribution in [2.75, 3.05) is 41.8 Å². The summed E-state index contributed by atoms with van der Waals surface area (Å²) in [5.41, 5.74) is 3.27. The van der Waals surface area contributed by atoms with Crippen LogP contribution >= 0.6 is 12.2 Å². The maximum atomic E-state index is 13.6. The molecule has 0 spiro atoms. The first-order chi connectivity index (χ1) is 11.6. The average Bonchev–Trinajstić information content (AvgIpc) is 2.60. The summed E-state index contributed by atoms with van der Waals surface area (Å²) in [6.07, 6.45) is 0. The molecule has 0 amide bonds. The van der Waals surface area contributed by atoms with Crippen molar-refractivity contribution in [3.05, 3.63) is 53.8 Å². The van der Waals surface area contributed by atoms with Crippen molar-refractivity contribution >= 4 is 34.4 Å². The zero-order valence-electron chi connectivity index (χ0n) is 13.5. The first-order valence-electron chi connectivity index (χ1n) is 7.89. The maximum Gasteiger partial charge on any atom is 0.175 e. The van der Waals surface area contributed by atoms with E-state index in [0.717, 1.165) is 32.0 Å². The molecule has 0 aliphatic carbocycles. The number of halogens is 1. The van der Waals surface area contributed by atoms with E-state index in [1.54, 1.807) is 19.1 Å². The van der Waals surface area contributed by atoms with Crippen molar-refractivity contribution in [2.24, 2.45) is 0 Å². The second-order valence-corrected chi connectivity index (χ2v) is 6.05. The molecule has 1 heterocycles. The van der Waals surface area contributed by atoms with Gasteiger partial charge in [0.15, 0.2) is 5.11 Å². The van der Waals surface area contributed by atoms with Gasteiger partial charge < -0.3 is 20.3 Å². The van der Waals surface area contributed by atoms with Crippen molar-refractivity contribution in [2.45, 2.75) is 6.92 Å². The van der Waals surface area contributed by atoms with E-state index in [9.17, 15) is 4.39 Å². The molecule has 0 saturated carbocycles. The van der Waals surface area contributed by atoms with E-state index in [1.807, 2.05) is 12.1 Å². The molecule has 1 fully saturated rings. The second kappa shape index (κ2) is 7.59. The van der Waals surface area contributed by atoms with Crippen LogP contribution in [0.5, 0.6) is 0 Å². The molecule has 3 rings (SSSR count). The normalized spacial score (nSPS) is 14.3. The highest BCUT2D eigenvalue weighted by molar-refractivity contribution is 7.80. The van der Waals surface area contributed by atoms with Crippen LogP contribution < -0.4 is 15.5 Å². The van der Waals surface area contributed by atoms with Gasteiger partial charge in [0.1, 0.15) is 5.82 Å². The summed E-state index contributed by atoms with van der Waals surface area (Å²) in [6.45, 7) is 5.07. The monoisotopic (exact) mass is 345 g/mol. The summed E-state index contributed by atoms with van der Waals surface area (Å²) in [7, 11) is 0. The molecule has 1 aliphatic heterocycles. The Morgan fingerprint density at radius 2 is 1.79 bits per heavy atom. The van der Waals surface area contributed by atoms with Crippen LogP contribution in [-0.4, -0.2) is 31.4 Å². The van der Waals surface area contributed by atoms with E-state index in [4.69, 9.17) is 17.0 Å². The van der Waals surface area contributed by atoms with Gasteiger partial charge in [0.25, 0.3) is 0 Å². The number of nitrogens with zero attached hydrogens (tertiary/aromatic N) is 1. The Kier molecular flexibility index (Phi) is 5.27. The van der Waals surface area contributed by atoms with Crippen LogP contribution in [0.25, 0.3) is 0 Å². The number of anilines is 3. The van der Waals surface area contributed by atoms with Crippen molar-refractivity contribution in [1.29, 1.82) is 0 Å². The van der Waals surface area contributed by atoms with Crippen LogP contribution in [0, 0.1) is 12.7 Å². The molecule has 0 unspecified atom stereocenters. The fraction of sp³-hybridized carbons (Fsp3) is 0.278. The Balaban J connectivity index is 1.61. The summed E-state index contributed by atoms with van der Waals surface area (Å²) in [5, 5.41) is 6.59. The second-order valence-electron chi connectivity index (χ2n) is 5.64. The molecule has 0 radical (unpaired) electrons. The van der Waals surface area contributed by atoms with Crippen molar-refractivity contribution in [1.82, 2.24) is 0 Å². The molecule has 126 valence electrons. The van der Waals surface area contributed by atoms with Crippen LogP contribution in [0.4, 0.5) is 21.5 Å². The number of morpholine rings is 1. The quantitative estimate of drug-likeness (QED) is 0.828. The highest BCUT2D eigenvalue weighted by Gasteiger charge is 2.11. The van der Waals surface area contributed by atoms with Gasteiger partial charge in [-0.25, -0.2) is 4.39 Å². The number of hydrogen-bond donors (Lipinski definition) is 2. The molecular weight excluding hydrogens is 325 g/mol. The molecule has 0 bridgehead atoms. The Hall–Kier alpha value is -2.18. The predicted molar refractivity (Wildman–Crippen MR) is 100 cm³/mol. The summed E-state index contributed by atoms with van der Waals surface area (Å²) in [6, 6.07) is 13.0. The third-order valence-corrected chi connectivity index (χ3v) is 4.22. The Bertz CT molecular complexity index is 715. The molecule has 1 aliphatic rings. The molecule has 1 saturated heterocycles. The van der Waals surface area contributed by atoms with Crippen LogP contribution in [0.15, 0.2) is 42.5 Å². The summed E-state index contributed by atoms with van der Waals surface area (Å²) in [4.78, 5) is 2.29. The van der Waals surface area contributed by atoms with Gasteiger partial charge in [0, 0.05) is 35.7 Å². The maximum absolute atomic E-state index is 13.6. The third-order valence-electron chi connectivity index (χ3n) is 4.02. The van der Waals surface area contributed by atoms with Gasteiger partial charge in [0.05, 0.1) is 13.2 Å². The van der Waals surface area contributed by atoms with E-state index in [2.05, 4.69) is 27.7 Å². The predicted octanol–water partition coefficient (Wildman–Crippen LogP) is 3.78. The van der Waals surface area contributed by atoms with E-state index in [-0.39, 0.29) is 5.82 Å². The molecule has 2 N–H and O–H groups in total. The van der Waals surface area contributed by atoms with Gasteiger partial charge in [0.2, 0.25) is 0 Å². The number of benzene rings is 2. The van der Waals surface area contributed by atoms with Crippen molar-refractivity contribution in [3.63, 3.8) is 0 Å². The number of hydrogen-bond acceptors (Lipinski definition) is 3. The highest BCUT2D eigenvalue weighted by atomic mass is 32.1. The fourth-order valence-corrected chi connectivity index (χ4v) is 2.83. The topological polar surface area (TPSA) is 36.5 Å². The summed E-state index contributed by atoms with van der Waals surface area (Å²) in [5.74, 6) is -0.252. The first-order valence-corrected chi connectivity index (χ1v) is 8.30. The standard InChI is InChI=1S/C18H20FN3OS/c1-13-16(19)3-2-4-17(13)21-18(24)20-14-5-7-15(8-6-14)22-9-11-23-12-10-22/h2-8H,9-12H2,1H3,(H2,20,21,24). The zero-order valence-corrected chi connectivity index (χ0v) is 14.3. The van der Waals surface area contributed by atoms with Gasteiger partial charge >= 0.3 is 0 Å². The number of ether oxygens (including phenoxy) is 1. The lowest BCUT2D eigenvalue weighted by atomic mass is 10.2. The van der Waals surface area contributed by atoms with Crippen LogP contribution in [0.1, 0.15) is 5.56 Å². The molecule has 4 nitrogen and oxygen atoms in total. The van der Waals surface area contributed by atoms with Gasteiger partial charge in [-0.2, -0.15) is 0 Å². The van der Waals surface area contributed by atoms with Crippen LogP contribution in [0.3, 0.4) is 0 Å². The van der Waals surface area contributed by atoms with E-state index >= 15 is 0 Å². The lowest BCUT2D eigenvalue weighted by Gasteiger charge is -2.29. The molecule has 0 atom stereocenters. The zero-order chi connectivity index (χ0) is 16.9. The largest absolute Gasteiger partial charge is 0.378 e. The third kappa shape index (κ3) is 4.01. The molecule has 2 aromatic rings. The Morgan fingerprint density at radius 1 is 1.08 bits per heavy atom. The van der Waals surface area contributed by atoms with E-state index in [0.29, 0.717) is 16.4 Å². The van der Waals surface area contributed by atoms with Gasteiger partial charge in [-0.15, -0.1) is 0 Å². The lowest BCUT2D eigenvalue weighted by molar-refractivity contribution is 0.122. The summed E-state index contributed by atoms with van der Waals surface area (Å²) < 4.78 is 18.9. The smallest absolute Gasteiger partial charge is 0.175 e. The van der Waals surface area contributed by atoms with E-state index < -0.39 is 0 Å². The molecule has 6 heteroatoms. The van der Waals surface area contributed by atoms with Crippen molar-refractivity contribution in [3.8, 4) is 0 Å². The van der Waals surface area contributed by atoms with Crippen LogP contribution in [-0.2, 0) is 4.74 Å². The van der Waals surface area contributed by atoms with Gasteiger partial charge in [-0.1, -0.05) is 6.07 Å². The minimum atomic E-state index is -0.252. The summed E-state index contributed by atoms with van der Waals surface area (Å²) >= 11 is 5.31. The minimum Gasteiger partial charge on any atom is -0.378 e. The number of thiocarbonyl (C=S) groups is 1. The SMILES string of the molecule is Cc1c(F)cccc1NC(=S)Nc1ccc(N2CCOCC2)cc1. The molecular formula is C18H20FN3OS. The Morgan fingerprint density at radius 3 is 2.50 bits per heavy atom. The molecule has 2 aromatic carbocycles. The van der Waals surface area contributed by atoms with Crippen LogP contribution in [0.2, 0.25) is 0 Å². The number of nitrogens with one attached hydrogen (secondary N) is 2. The highest BCUT2D eigenvalue weighted by Crippen LogP contribution is 2.20. The molecule has 0 aromatic heterocycles. The fourth-order valence-electron chi connectivity index (χ4n) is 2.60. The first kappa shape index (κ1) is 16.7. The Labute approximate surface area is 146 Å². The van der Waals surface area contributed by atoms with Gasteiger partial charge in [-0.05, 0) is 55.5 Å². The van der Waals surface area contributed by atoms with E-state index in [1.165, 1.54) is 11.8 Å². The lowest BCUT2D eigenvalue weighted by Crippen LogP contribution is -2.36. The van der Waals surface area contributed by atoms with Gasteiger partial charge in [-0.3, -0.25) is 0 Å². The average molecular weight is 345 g/mol. The minimum absolute atomic E-state index is 0.252. The van der Waals surface area contributed by atoms with Crippen molar-refractivity contribution < 1.29 is 9.13 Å². The molecule has 24 heavy (non-hydrogen) atoms. The number of rotatable bonds is 3.